The van der Waals surface area contributed by atoms with Gasteiger partial charge in [0.25, 0.3) is 11.6 Å². The number of nitro groups is 1. The van der Waals surface area contributed by atoms with Crippen LogP contribution < -0.4 is 10.2 Å². The van der Waals surface area contributed by atoms with Gasteiger partial charge in [-0.3, -0.25) is 14.9 Å². The zero-order chi connectivity index (χ0) is 16.8. The van der Waals surface area contributed by atoms with Crippen molar-refractivity contribution in [1.82, 2.24) is 0 Å². The highest BCUT2D eigenvalue weighted by Crippen LogP contribution is 2.22. The topological polar surface area (TPSA) is 76.7 Å². The molecule has 0 aliphatic carbocycles. The molecule has 2 rings (SSSR count). The second-order valence-corrected chi connectivity index (χ2v) is 5.26. The number of rotatable bonds is 6. The predicted molar refractivity (Wildman–Crippen MR) is 83.6 cm³/mol. The molecule has 0 fully saturated rings. The van der Waals surface area contributed by atoms with Gasteiger partial charge in [-0.05, 0) is 18.2 Å². The van der Waals surface area contributed by atoms with Crippen molar-refractivity contribution < 1.29 is 19.0 Å². The summed E-state index contributed by atoms with van der Waals surface area (Å²) < 4.78 is 13.1. The summed E-state index contributed by atoms with van der Waals surface area (Å²) in [4.78, 5) is 23.2. The number of para-hydroxylation sites is 2. The normalized spacial score (nSPS) is 11.7. The van der Waals surface area contributed by atoms with E-state index in [4.69, 9.17) is 0 Å². The molecule has 0 aromatic heterocycles. The van der Waals surface area contributed by atoms with Gasteiger partial charge in [0, 0.05) is 11.6 Å². The molecule has 1 unspecified atom stereocenters. The first kappa shape index (κ1) is 16.6. The quantitative estimate of drug-likeness (QED) is 0.624. The minimum absolute atomic E-state index is 0.114. The largest absolute Gasteiger partial charge is 0.326 e. The summed E-state index contributed by atoms with van der Waals surface area (Å²) >= 11 is 0. The second-order valence-electron chi connectivity index (χ2n) is 5.26. The highest BCUT2D eigenvalue weighted by Gasteiger charge is 2.17. The number of nitrogens with one attached hydrogen (secondary N) is 2. The van der Waals surface area contributed by atoms with E-state index in [1.807, 2.05) is 0 Å². The minimum Gasteiger partial charge on any atom is -0.326 e. The summed E-state index contributed by atoms with van der Waals surface area (Å²) in [6.45, 7) is 0.588. The SMILES string of the molecule is C[NH+](CC(=O)Nc1ccccc1[N+](=O)[O-])Cc1cccc(F)c1. The molecule has 0 aliphatic rings. The summed E-state index contributed by atoms with van der Waals surface area (Å²) in [5.74, 6) is -0.659. The first-order valence-corrected chi connectivity index (χ1v) is 7.04. The van der Waals surface area contributed by atoms with Gasteiger partial charge >= 0.3 is 0 Å². The van der Waals surface area contributed by atoms with E-state index in [9.17, 15) is 19.3 Å². The maximum Gasteiger partial charge on any atom is 0.292 e. The Morgan fingerprint density at radius 3 is 2.70 bits per heavy atom. The van der Waals surface area contributed by atoms with Crippen molar-refractivity contribution in [3.05, 3.63) is 70.0 Å². The molecule has 7 heteroatoms. The van der Waals surface area contributed by atoms with E-state index in [2.05, 4.69) is 5.32 Å². The number of nitro benzene ring substituents is 1. The van der Waals surface area contributed by atoms with E-state index in [-0.39, 0.29) is 29.6 Å². The number of quaternary nitrogens is 1. The third-order valence-electron chi connectivity index (χ3n) is 3.23. The summed E-state index contributed by atoms with van der Waals surface area (Å²) in [6.07, 6.45) is 0. The predicted octanol–water partition coefficient (Wildman–Crippen LogP) is 1.39. The van der Waals surface area contributed by atoms with Gasteiger partial charge in [-0.2, -0.15) is 0 Å². The molecule has 23 heavy (non-hydrogen) atoms. The Balaban J connectivity index is 1.96. The number of halogens is 1. The van der Waals surface area contributed by atoms with Crippen molar-refractivity contribution in [2.24, 2.45) is 0 Å². The Morgan fingerprint density at radius 2 is 2.00 bits per heavy atom. The lowest BCUT2D eigenvalue weighted by Crippen LogP contribution is -3.08. The highest BCUT2D eigenvalue weighted by molar-refractivity contribution is 5.93. The zero-order valence-electron chi connectivity index (χ0n) is 12.6. The van der Waals surface area contributed by atoms with E-state index < -0.39 is 4.92 Å². The molecule has 2 aromatic rings. The van der Waals surface area contributed by atoms with Gasteiger partial charge < -0.3 is 10.2 Å². The van der Waals surface area contributed by atoms with Gasteiger partial charge in [0.15, 0.2) is 6.54 Å². The molecular weight excluding hydrogens is 301 g/mol. The fraction of sp³-hybridized carbons (Fsp3) is 0.188. The van der Waals surface area contributed by atoms with Crippen LogP contribution in [0.5, 0.6) is 0 Å². The van der Waals surface area contributed by atoms with Crippen LogP contribution in [0.1, 0.15) is 5.56 Å². The minimum atomic E-state index is -0.543. The number of hydrogen-bond donors (Lipinski definition) is 2. The molecule has 0 aliphatic heterocycles. The zero-order valence-corrected chi connectivity index (χ0v) is 12.6. The van der Waals surface area contributed by atoms with Crippen molar-refractivity contribution in [3.8, 4) is 0 Å². The van der Waals surface area contributed by atoms with Gasteiger partial charge in [-0.15, -0.1) is 0 Å². The number of hydrogen-bond acceptors (Lipinski definition) is 3. The van der Waals surface area contributed by atoms with Crippen LogP contribution >= 0.6 is 0 Å². The van der Waals surface area contributed by atoms with Crippen LogP contribution in [0.2, 0.25) is 0 Å². The van der Waals surface area contributed by atoms with Crippen LogP contribution in [0.3, 0.4) is 0 Å². The molecular formula is C16H17FN3O3+. The second kappa shape index (κ2) is 7.46. The fourth-order valence-electron chi connectivity index (χ4n) is 2.26. The summed E-state index contributed by atoms with van der Waals surface area (Å²) in [7, 11) is 1.80. The van der Waals surface area contributed by atoms with E-state index in [0.717, 1.165) is 10.5 Å². The Bertz CT molecular complexity index is 721. The standard InChI is InChI=1S/C16H16FN3O3/c1-19(10-12-5-4-6-13(17)9-12)11-16(21)18-14-7-2-3-8-15(14)20(22)23/h2-9H,10-11H2,1H3,(H,18,21)/p+1. The Hall–Kier alpha value is -2.80. The van der Waals surface area contributed by atoms with E-state index in [1.165, 1.54) is 30.3 Å². The summed E-state index contributed by atoms with van der Waals surface area (Å²) in [5.41, 5.74) is 0.797. The molecule has 2 aromatic carbocycles. The van der Waals surface area contributed by atoms with Crippen LogP contribution in [0.4, 0.5) is 15.8 Å². The van der Waals surface area contributed by atoms with Gasteiger partial charge in [0.05, 0.1) is 12.0 Å². The van der Waals surface area contributed by atoms with Gasteiger partial charge in [-0.1, -0.05) is 24.3 Å². The first-order valence-electron chi connectivity index (χ1n) is 7.04. The first-order chi connectivity index (χ1) is 11.0. The smallest absolute Gasteiger partial charge is 0.292 e. The van der Waals surface area contributed by atoms with Crippen LogP contribution in [-0.4, -0.2) is 24.4 Å². The van der Waals surface area contributed by atoms with Crippen molar-refractivity contribution in [2.45, 2.75) is 6.54 Å². The summed E-state index contributed by atoms with van der Waals surface area (Å²) in [5, 5.41) is 13.5. The van der Waals surface area contributed by atoms with Crippen LogP contribution in [0.15, 0.2) is 48.5 Å². The number of anilines is 1. The molecule has 0 saturated heterocycles. The number of carbonyl (C=O) groups excluding carboxylic acids is 1. The molecule has 1 atom stereocenters. The highest BCUT2D eigenvalue weighted by atomic mass is 19.1. The van der Waals surface area contributed by atoms with E-state index >= 15 is 0 Å². The maximum atomic E-state index is 13.1. The maximum absolute atomic E-state index is 13.1. The van der Waals surface area contributed by atoms with Crippen LogP contribution in [0.25, 0.3) is 0 Å². The fourth-order valence-corrected chi connectivity index (χ4v) is 2.26. The van der Waals surface area contributed by atoms with Crippen LogP contribution in [0, 0.1) is 15.9 Å². The van der Waals surface area contributed by atoms with E-state index in [0.29, 0.717) is 6.54 Å². The monoisotopic (exact) mass is 318 g/mol. The molecule has 1 amide bonds. The summed E-state index contributed by atoms with van der Waals surface area (Å²) in [6, 6.07) is 12.2. The molecule has 2 N–H and O–H groups in total. The Labute approximate surface area is 132 Å². The van der Waals surface area contributed by atoms with Crippen molar-refractivity contribution in [2.75, 3.05) is 18.9 Å². The Kier molecular flexibility index (Phi) is 5.37. The van der Waals surface area contributed by atoms with Crippen molar-refractivity contribution in [1.29, 1.82) is 0 Å². The third-order valence-corrected chi connectivity index (χ3v) is 3.23. The molecule has 0 bridgehead atoms. The number of carbonyl (C=O) groups is 1. The lowest BCUT2D eigenvalue weighted by Gasteiger charge is -2.14. The van der Waals surface area contributed by atoms with E-state index in [1.54, 1.807) is 25.2 Å². The van der Waals surface area contributed by atoms with Gasteiger partial charge in [0.2, 0.25) is 0 Å². The number of likely N-dealkylation sites (N-methyl/N-ethyl adjacent to an activating group) is 1. The van der Waals surface area contributed by atoms with Crippen molar-refractivity contribution in [3.63, 3.8) is 0 Å². The molecule has 0 spiro atoms. The average molecular weight is 318 g/mol. The van der Waals surface area contributed by atoms with Gasteiger partial charge in [0.1, 0.15) is 18.0 Å². The molecule has 6 nitrogen and oxygen atoms in total. The molecule has 120 valence electrons. The number of amides is 1. The lowest BCUT2D eigenvalue weighted by atomic mass is 10.2. The number of benzene rings is 2. The van der Waals surface area contributed by atoms with Gasteiger partial charge in [-0.25, -0.2) is 4.39 Å². The molecule has 0 radical (unpaired) electrons. The third kappa shape index (κ3) is 4.86. The lowest BCUT2D eigenvalue weighted by molar-refractivity contribution is -0.885. The van der Waals surface area contributed by atoms with Crippen molar-refractivity contribution >= 4 is 17.3 Å². The van der Waals surface area contributed by atoms with Crippen LogP contribution in [-0.2, 0) is 11.3 Å². The molecule has 0 saturated carbocycles. The molecule has 0 heterocycles. The number of nitrogens with zero attached hydrogens (tertiary/aromatic N) is 1. The Morgan fingerprint density at radius 1 is 1.26 bits per heavy atom. The average Bonchev–Trinajstić information content (AvgIpc) is 2.47.